The maximum absolute atomic E-state index is 11.9. The van der Waals surface area contributed by atoms with Crippen molar-refractivity contribution in [3.63, 3.8) is 0 Å². The lowest BCUT2D eigenvalue weighted by Crippen LogP contribution is -2.18. The van der Waals surface area contributed by atoms with Crippen molar-refractivity contribution in [2.24, 2.45) is 0 Å². The number of ether oxygens (including phenoxy) is 2. The van der Waals surface area contributed by atoms with Gasteiger partial charge in [0.1, 0.15) is 0 Å². The standard InChI is InChI=1S/C8H5F5O2S/c9-7(10)14-5-2-1-4(16)3-6(5)15-8(11,12)13/h1-3,7,16H. The lowest BCUT2D eigenvalue weighted by Gasteiger charge is -2.13. The molecule has 0 radical (unpaired) electrons. The number of thiol groups is 1. The summed E-state index contributed by atoms with van der Waals surface area (Å²) in [6.07, 6.45) is -4.98. The van der Waals surface area contributed by atoms with E-state index in [1.807, 2.05) is 0 Å². The Bertz CT molecular complexity index is 366. The second-order valence-electron chi connectivity index (χ2n) is 2.56. The summed E-state index contributed by atoms with van der Waals surface area (Å²) in [5.74, 6) is -1.56. The van der Waals surface area contributed by atoms with Crippen LogP contribution in [0.1, 0.15) is 0 Å². The molecule has 90 valence electrons. The minimum Gasteiger partial charge on any atom is -0.431 e. The zero-order valence-electron chi connectivity index (χ0n) is 7.46. The highest BCUT2D eigenvalue weighted by Gasteiger charge is 2.32. The fourth-order valence-electron chi connectivity index (χ4n) is 0.895. The van der Waals surface area contributed by atoms with E-state index in [0.29, 0.717) is 0 Å². The normalized spacial score (nSPS) is 11.7. The van der Waals surface area contributed by atoms with Crippen LogP contribution in [0.5, 0.6) is 11.5 Å². The van der Waals surface area contributed by atoms with Crippen LogP contribution in [0, 0.1) is 0 Å². The average molecular weight is 260 g/mol. The summed E-state index contributed by atoms with van der Waals surface area (Å²) in [4.78, 5) is 0.126. The van der Waals surface area contributed by atoms with Crippen molar-refractivity contribution in [3.05, 3.63) is 18.2 Å². The van der Waals surface area contributed by atoms with Crippen LogP contribution in [0.3, 0.4) is 0 Å². The van der Waals surface area contributed by atoms with Crippen molar-refractivity contribution >= 4 is 12.6 Å². The summed E-state index contributed by atoms with van der Waals surface area (Å²) in [6.45, 7) is -3.23. The number of alkyl halides is 5. The molecular formula is C8H5F5O2S. The second-order valence-corrected chi connectivity index (χ2v) is 3.07. The quantitative estimate of drug-likeness (QED) is 0.662. The molecule has 0 spiro atoms. The van der Waals surface area contributed by atoms with Gasteiger partial charge in [-0.15, -0.1) is 25.8 Å². The smallest absolute Gasteiger partial charge is 0.431 e. The zero-order chi connectivity index (χ0) is 12.3. The molecule has 0 N–H and O–H groups in total. The third kappa shape index (κ3) is 4.13. The van der Waals surface area contributed by atoms with Gasteiger partial charge < -0.3 is 9.47 Å². The van der Waals surface area contributed by atoms with Gasteiger partial charge in [-0.2, -0.15) is 8.78 Å². The monoisotopic (exact) mass is 260 g/mol. The minimum atomic E-state index is -4.98. The molecule has 1 aromatic rings. The van der Waals surface area contributed by atoms with Gasteiger partial charge in [0.2, 0.25) is 0 Å². The molecule has 0 heterocycles. The lowest BCUT2D eigenvalue weighted by atomic mass is 10.3. The highest BCUT2D eigenvalue weighted by molar-refractivity contribution is 7.80. The van der Waals surface area contributed by atoms with Gasteiger partial charge in [0.25, 0.3) is 0 Å². The van der Waals surface area contributed by atoms with Gasteiger partial charge in [-0.3, -0.25) is 0 Å². The van der Waals surface area contributed by atoms with Gasteiger partial charge in [0.05, 0.1) is 0 Å². The Kier molecular flexibility index (Phi) is 3.84. The number of benzene rings is 1. The molecule has 8 heteroatoms. The summed E-state index contributed by atoms with van der Waals surface area (Å²) < 4.78 is 66.8. The van der Waals surface area contributed by atoms with E-state index < -0.39 is 24.5 Å². The first-order valence-corrected chi connectivity index (χ1v) is 4.26. The van der Waals surface area contributed by atoms with Crippen LogP contribution >= 0.6 is 12.6 Å². The molecule has 0 aliphatic carbocycles. The highest BCUT2D eigenvalue weighted by Crippen LogP contribution is 2.34. The average Bonchev–Trinajstić information content (AvgIpc) is 2.06. The lowest BCUT2D eigenvalue weighted by molar-refractivity contribution is -0.275. The van der Waals surface area contributed by atoms with Gasteiger partial charge in [0, 0.05) is 4.90 Å². The zero-order valence-corrected chi connectivity index (χ0v) is 8.36. The Morgan fingerprint density at radius 1 is 1.12 bits per heavy atom. The number of hydrogen-bond acceptors (Lipinski definition) is 3. The van der Waals surface area contributed by atoms with E-state index in [2.05, 4.69) is 22.1 Å². The fraction of sp³-hybridized carbons (Fsp3) is 0.250. The maximum Gasteiger partial charge on any atom is 0.573 e. The Hall–Kier alpha value is -1.18. The molecule has 1 rings (SSSR count). The second kappa shape index (κ2) is 4.77. The van der Waals surface area contributed by atoms with Crippen molar-refractivity contribution in [2.75, 3.05) is 0 Å². The molecule has 16 heavy (non-hydrogen) atoms. The van der Waals surface area contributed by atoms with E-state index >= 15 is 0 Å². The molecule has 0 aromatic heterocycles. The van der Waals surface area contributed by atoms with Crippen LogP contribution in [0.4, 0.5) is 22.0 Å². The van der Waals surface area contributed by atoms with Crippen molar-refractivity contribution in [1.29, 1.82) is 0 Å². The Morgan fingerprint density at radius 3 is 2.25 bits per heavy atom. The van der Waals surface area contributed by atoms with Crippen molar-refractivity contribution in [2.45, 2.75) is 17.9 Å². The van der Waals surface area contributed by atoms with E-state index in [9.17, 15) is 22.0 Å². The SMILES string of the molecule is FC(F)Oc1ccc(S)cc1OC(F)(F)F. The molecule has 0 bridgehead atoms. The van der Waals surface area contributed by atoms with Crippen LogP contribution in [0.25, 0.3) is 0 Å². The first-order valence-electron chi connectivity index (χ1n) is 3.81. The van der Waals surface area contributed by atoms with Crippen LogP contribution in [0.15, 0.2) is 23.1 Å². The fourth-order valence-corrected chi connectivity index (χ4v) is 1.09. The van der Waals surface area contributed by atoms with Gasteiger partial charge in [-0.05, 0) is 18.2 Å². The molecule has 0 saturated heterocycles. The Balaban J connectivity index is 2.98. The van der Waals surface area contributed by atoms with Crippen LogP contribution in [-0.2, 0) is 0 Å². The van der Waals surface area contributed by atoms with Gasteiger partial charge in [-0.25, -0.2) is 0 Å². The van der Waals surface area contributed by atoms with E-state index in [1.54, 1.807) is 0 Å². The molecule has 0 saturated carbocycles. The van der Waals surface area contributed by atoms with E-state index in [-0.39, 0.29) is 4.90 Å². The van der Waals surface area contributed by atoms with E-state index in [1.165, 1.54) is 6.07 Å². The maximum atomic E-state index is 11.9. The first kappa shape index (κ1) is 12.9. The van der Waals surface area contributed by atoms with Gasteiger partial charge in [0.15, 0.2) is 11.5 Å². The molecule has 0 atom stereocenters. The summed E-state index contributed by atoms with van der Waals surface area (Å²) in [7, 11) is 0. The number of halogens is 5. The van der Waals surface area contributed by atoms with Crippen LogP contribution in [0.2, 0.25) is 0 Å². The predicted molar refractivity (Wildman–Crippen MR) is 47.0 cm³/mol. The molecule has 0 amide bonds. The number of hydrogen-bond donors (Lipinski definition) is 1. The molecule has 0 aliphatic heterocycles. The first-order chi connectivity index (χ1) is 7.28. The summed E-state index contributed by atoms with van der Waals surface area (Å²) in [5.41, 5.74) is 0. The predicted octanol–water partition coefficient (Wildman–Crippen LogP) is 3.48. The number of rotatable bonds is 3. The molecule has 0 unspecified atom stereocenters. The topological polar surface area (TPSA) is 18.5 Å². The van der Waals surface area contributed by atoms with E-state index in [0.717, 1.165) is 12.1 Å². The molecule has 0 aliphatic rings. The molecular weight excluding hydrogens is 255 g/mol. The molecule has 1 aromatic carbocycles. The Labute approximate surface area is 92.4 Å². The summed E-state index contributed by atoms with van der Waals surface area (Å²) >= 11 is 3.75. The van der Waals surface area contributed by atoms with Crippen LogP contribution in [-0.4, -0.2) is 13.0 Å². The van der Waals surface area contributed by atoms with Crippen molar-refractivity contribution < 1.29 is 31.4 Å². The molecule has 2 nitrogen and oxygen atoms in total. The van der Waals surface area contributed by atoms with Gasteiger partial charge in [-0.1, -0.05) is 0 Å². The van der Waals surface area contributed by atoms with E-state index in [4.69, 9.17) is 0 Å². The van der Waals surface area contributed by atoms with Crippen LogP contribution < -0.4 is 9.47 Å². The van der Waals surface area contributed by atoms with Crippen molar-refractivity contribution in [1.82, 2.24) is 0 Å². The summed E-state index contributed by atoms with van der Waals surface area (Å²) in [5, 5.41) is 0. The third-order valence-electron chi connectivity index (χ3n) is 1.37. The summed E-state index contributed by atoms with van der Waals surface area (Å²) in [6, 6.07) is 2.94. The third-order valence-corrected chi connectivity index (χ3v) is 1.65. The minimum absolute atomic E-state index is 0.126. The van der Waals surface area contributed by atoms with Crippen molar-refractivity contribution in [3.8, 4) is 11.5 Å². The van der Waals surface area contributed by atoms with Gasteiger partial charge >= 0.3 is 13.0 Å². The highest BCUT2D eigenvalue weighted by atomic mass is 32.1. The molecule has 0 fully saturated rings. The Morgan fingerprint density at radius 2 is 1.75 bits per heavy atom. The largest absolute Gasteiger partial charge is 0.573 e.